The van der Waals surface area contributed by atoms with Gasteiger partial charge in [-0.3, -0.25) is 4.79 Å². The number of halogens is 2. The Bertz CT molecular complexity index is 946. The number of nitrogens with zero attached hydrogens (tertiary/aromatic N) is 3. The van der Waals surface area contributed by atoms with Crippen LogP contribution in [0.25, 0.3) is 0 Å². The van der Waals surface area contributed by atoms with Crippen LogP contribution in [-0.4, -0.2) is 25.9 Å². The molecule has 0 fully saturated rings. The van der Waals surface area contributed by atoms with Crippen LogP contribution >= 0.6 is 35.0 Å². The van der Waals surface area contributed by atoms with Gasteiger partial charge >= 0.3 is 0 Å². The Labute approximate surface area is 172 Å². The van der Waals surface area contributed by atoms with Gasteiger partial charge in [0.15, 0.2) is 5.16 Å². The SMILES string of the molecule is Cc1nnc(SC(C)C(=O)Nc2cccc(Cl)c2Cl)n1Cc1ccccc1. The minimum Gasteiger partial charge on any atom is -0.324 e. The number of thioether (sulfide) groups is 1. The van der Waals surface area contributed by atoms with Crippen LogP contribution in [0.15, 0.2) is 53.7 Å². The van der Waals surface area contributed by atoms with E-state index in [1.807, 2.05) is 48.7 Å². The quantitative estimate of drug-likeness (QED) is 0.565. The van der Waals surface area contributed by atoms with Gasteiger partial charge in [-0.05, 0) is 31.5 Å². The molecule has 140 valence electrons. The molecular weight excluding hydrogens is 403 g/mol. The van der Waals surface area contributed by atoms with Gasteiger partial charge in [-0.2, -0.15) is 0 Å². The highest BCUT2D eigenvalue weighted by atomic mass is 35.5. The van der Waals surface area contributed by atoms with E-state index >= 15 is 0 Å². The Morgan fingerprint density at radius 2 is 1.89 bits per heavy atom. The summed E-state index contributed by atoms with van der Waals surface area (Å²) < 4.78 is 2.00. The van der Waals surface area contributed by atoms with Crippen molar-refractivity contribution < 1.29 is 4.79 Å². The summed E-state index contributed by atoms with van der Waals surface area (Å²) in [7, 11) is 0. The Balaban J connectivity index is 1.71. The van der Waals surface area contributed by atoms with E-state index in [9.17, 15) is 4.79 Å². The Hall–Kier alpha value is -2.02. The van der Waals surface area contributed by atoms with Gasteiger partial charge in [-0.15, -0.1) is 10.2 Å². The maximum atomic E-state index is 12.6. The summed E-state index contributed by atoms with van der Waals surface area (Å²) in [6.45, 7) is 4.36. The zero-order chi connectivity index (χ0) is 19.4. The van der Waals surface area contributed by atoms with Gasteiger partial charge in [0, 0.05) is 0 Å². The van der Waals surface area contributed by atoms with Crippen molar-refractivity contribution in [3.8, 4) is 0 Å². The average Bonchev–Trinajstić information content (AvgIpc) is 2.99. The van der Waals surface area contributed by atoms with Crippen molar-refractivity contribution in [1.29, 1.82) is 0 Å². The number of benzene rings is 2. The van der Waals surface area contributed by atoms with E-state index in [4.69, 9.17) is 23.2 Å². The number of aryl methyl sites for hydroxylation is 1. The van der Waals surface area contributed by atoms with Crippen LogP contribution in [0.4, 0.5) is 5.69 Å². The number of anilines is 1. The van der Waals surface area contributed by atoms with Gasteiger partial charge in [0.1, 0.15) is 5.82 Å². The molecule has 0 aliphatic rings. The van der Waals surface area contributed by atoms with Gasteiger partial charge in [0.2, 0.25) is 5.91 Å². The van der Waals surface area contributed by atoms with Gasteiger partial charge in [-0.25, -0.2) is 0 Å². The highest BCUT2D eigenvalue weighted by Gasteiger charge is 2.20. The smallest absolute Gasteiger partial charge is 0.237 e. The molecule has 27 heavy (non-hydrogen) atoms. The molecule has 3 aromatic rings. The fraction of sp³-hybridized carbons (Fsp3) is 0.211. The van der Waals surface area contributed by atoms with Gasteiger partial charge in [0.05, 0.1) is 27.5 Å². The topological polar surface area (TPSA) is 59.8 Å². The first-order valence-electron chi connectivity index (χ1n) is 8.31. The predicted octanol–water partition coefficient (Wildman–Crippen LogP) is 5.06. The van der Waals surface area contributed by atoms with Crippen LogP contribution in [0.1, 0.15) is 18.3 Å². The lowest BCUT2D eigenvalue weighted by Crippen LogP contribution is -2.23. The fourth-order valence-corrected chi connectivity index (χ4v) is 3.68. The molecule has 0 saturated carbocycles. The van der Waals surface area contributed by atoms with Crippen molar-refractivity contribution in [1.82, 2.24) is 14.8 Å². The molecule has 0 spiro atoms. The third kappa shape index (κ3) is 4.83. The molecule has 1 N–H and O–H groups in total. The summed E-state index contributed by atoms with van der Waals surface area (Å²) in [6.07, 6.45) is 0. The van der Waals surface area contributed by atoms with Crippen molar-refractivity contribution in [3.63, 3.8) is 0 Å². The molecule has 0 saturated heterocycles. The van der Waals surface area contributed by atoms with E-state index in [2.05, 4.69) is 15.5 Å². The second-order valence-corrected chi connectivity index (χ2v) is 8.05. The molecular formula is C19H18Cl2N4OS. The Morgan fingerprint density at radius 1 is 1.15 bits per heavy atom. The minimum absolute atomic E-state index is 0.184. The number of carbonyl (C=O) groups is 1. The lowest BCUT2D eigenvalue weighted by Gasteiger charge is -2.14. The van der Waals surface area contributed by atoms with Gasteiger partial charge < -0.3 is 9.88 Å². The normalized spacial score (nSPS) is 12.0. The summed E-state index contributed by atoms with van der Waals surface area (Å²) >= 11 is 13.5. The highest BCUT2D eigenvalue weighted by molar-refractivity contribution is 8.00. The number of rotatable bonds is 6. The number of carbonyl (C=O) groups excluding carboxylic acids is 1. The standard InChI is InChI=1S/C19H18Cl2N4OS/c1-12(18(26)22-16-10-6-9-15(20)17(16)21)27-19-24-23-13(2)25(19)11-14-7-4-3-5-8-14/h3-10,12H,11H2,1-2H3,(H,22,26). The molecule has 0 radical (unpaired) electrons. The van der Waals surface area contributed by atoms with Crippen molar-refractivity contribution in [2.75, 3.05) is 5.32 Å². The number of hydrogen-bond acceptors (Lipinski definition) is 4. The van der Waals surface area contributed by atoms with Crippen LogP contribution < -0.4 is 5.32 Å². The second-order valence-electron chi connectivity index (χ2n) is 5.95. The maximum absolute atomic E-state index is 12.6. The number of amides is 1. The summed E-state index contributed by atoms with van der Waals surface area (Å²) in [5.74, 6) is 0.614. The molecule has 5 nitrogen and oxygen atoms in total. The third-order valence-electron chi connectivity index (χ3n) is 3.95. The largest absolute Gasteiger partial charge is 0.324 e. The second kappa shape index (κ2) is 8.78. The lowest BCUT2D eigenvalue weighted by atomic mass is 10.2. The van der Waals surface area contributed by atoms with E-state index < -0.39 is 5.25 Å². The van der Waals surface area contributed by atoms with Crippen molar-refractivity contribution in [2.24, 2.45) is 0 Å². The molecule has 0 bridgehead atoms. The molecule has 2 aromatic carbocycles. The van der Waals surface area contributed by atoms with E-state index in [-0.39, 0.29) is 5.91 Å². The van der Waals surface area contributed by atoms with Crippen LogP contribution in [-0.2, 0) is 11.3 Å². The molecule has 1 unspecified atom stereocenters. The zero-order valence-corrected chi connectivity index (χ0v) is 17.1. The molecule has 1 amide bonds. The van der Waals surface area contributed by atoms with E-state index in [1.54, 1.807) is 18.2 Å². The molecule has 1 atom stereocenters. The fourth-order valence-electron chi connectivity index (χ4n) is 2.44. The van der Waals surface area contributed by atoms with E-state index in [0.717, 1.165) is 11.4 Å². The first kappa shape index (κ1) is 19.7. The first-order valence-corrected chi connectivity index (χ1v) is 9.94. The Kier molecular flexibility index (Phi) is 6.42. The molecule has 8 heteroatoms. The van der Waals surface area contributed by atoms with E-state index in [1.165, 1.54) is 11.8 Å². The van der Waals surface area contributed by atoms with Crippen LogP contribution in [0.2, 0.25) is 10.0 Å². The number of aromatic nitrogens is 3. The van der Waals surface area contributed by atoms with Crippen LogP contribution in [0.3, 0.4) is 0 Å². The van der Waals surface area contributed by atoms with Crippen LogP contribution in [0.5, 0.6) is 0 Å². The van der Waals surface area contributed by atoms with E-state index in [0.29, 0.717) is 27.4 Å². The average molecular weight is 421 g/mol. The first-order chi connectivity index (χ1) is 13.0. The van der Waals surface area contributed by atoms with Crippen LogP contribution in [0, 0.1) is 6.92 Å². The predicted molar refractivity (Wildman–Crippen MR) is 111 cm³/mol. The summed E-state index contributed by atoms with van der Waals surface area (Å²) in [6, 6.07) is 15.2. The summed E-state index contributed by atoms with van der Waals surface area (Å²) in [5.41, 5.74) is 1.63. The lowest BCUT2D eigenvalue weighted by molar-refractivity contribution is -0.115. The Morgan fingerprint density at radius 3 is 2.63 bits per heavy atom. The zero-order valence-electron chi connectivity index (χ0n) is 14.8. The minimum atomic E-state index is -0.391. The molecule has 1 heterocycles. The van der Waals surface area contributed by atoms with Crippen molar-refractivity contribution >= 4 is 46.6 Å². The van der Waals surface area contributed by atoms with Crippen molar-refractivity contribution in [2.45, 2.75) is 30.8 Å². The molecule has 0 aliphatic carbocycles. The molecule has 1 aromatic heterocycles. The number of nitrogens with one attached hydrogen (secondary N) is 1. The van der Waals surface area contributed by atoms with Gasteiger partial charge in [0.25, 0.3) is 0 Å². The summed E-state index contributed by atoms with van der Waals surface area (Å²) in [4.78, 5) is 12.6. The highest BCUT2D eigenvalue weighted by Crippen LogP contribution is 2.31. The monoisotopic (exact) mass is 420 g/mol. The third-order valence-corrected chi connectivity index (χ3v) is 5.85. The summed E-state index contributed by atoms with van der Waals surface area (Å²) in [5, 5.41) is 12.2. The maximum Gasteiger partial charge on any atom is 0.237 e. The molecule has 3 rings (SSSR count). The van der Waals surface area contributed by atoms with Gasteiger partial charge in [-0.1, -0.05) is 71.4 Å². The van der Waals surface area contributed by atoms with Crippen molar-refractivity contribution in [3.05, 3.63) is 70.0 Å². The number of hydrogen-bond donors (Lipinski definition) is 1. The molecule has 0 aliphatic heterocycles.